The van der Waals surface area contributed by atoms with Gasteiger partial charge in [-0.1, -0.05) is 18.7 Å². The molecule has 1 rings (SSSR count). The number of hydrogen-bond acceptors (Lipinski definition) is 4. The average molecular weight is 344 g/mol. The van der Waals surface area contributed by atoms with E-state index < -0.39 is 30.0 Å². The molecular weight excluding hydrogens is 334 g/mol. The monoisotopic (exact) mass is 344 g/mol. The van der Waals surface area contributed by atoms with Crippen molar-refractivity contribution in [1.29, 1.82) is 0 Å². The number of hydrogen-bond donors (Lipinski definition) is 2. The summed E-state index contributed by atoms with van der Waals surface area (Å²) in [4.78, 5) is -1.25. The predicted octanol–water partition coefficient (Wildman–Crippen LogP) is -0.474. The molecule has 0 atom stereocenters. The van der Waals surface area contributed by atoms with E-state index in [-0.39, 0.29) is 108 Å². The molecule has 0 aliphatic rings. The molecule has 0 bridgehead atoms. The van der Waals surface area contributed by atoms with Crippen molar-refractivity contribution in [3.8, 4) is 0 Å². The summed E-state index contributed by atoms with van der Waals surface area (Å²) in [6.07, 6.45) is 1.14. The molecule has 2 N–H and O–H groups in total. The van der Waals surface area contributed by atoms with Gasteiger partial charge >= 0.3 is 103 Å². The second kappa shape index (κ2) is 8.48. The Morgan fingerprint density at radius 2 is 1.50 bits per heavy atom. The normalized spacial score (nSPS) is 11.0. The fraction of sp³-hybridized carbons (Fsp3) is 0. The fourth-order valence-corrected chi connectivity index (χ4v) is 2.37. The molecule has 0 spiro atoms. The molecule has 0 saturated heterocycles. The molecular formula is C8H10K2O6S2. The number of rotatable bonds is 3. The van der Waals surface area contributed by atoms with E-state index in [1.54, 1.807) is 0 Å². The van der Waals surface area contributed by atoms with Gasteiger partial charge in [-0.2, -0.15) is 16.8 Å². The Labute approximate surface area is 191 Å². The van der Waals surface area contributed by atoms with E-state index in [1.165, 1.54) is 0 Å². The standard InChI is InChI=1S/C8H8O6S2.2K.2H/c1-2-6-3-4-7(15(9,10)11)5-8(6)16(12,13)14;;;;/h2-5H,1H2,(H,9,10,11)(H,12,13,14);;;;. The zero-order chi connectivity index (χ0) is 12.6. The fourth-order valence-electron chi connectivity index (χ4n) is 1.07. The van der Waals surface area contributed by atoms with Crippen LogP contribution in [-0.2, 0) is 20.2 Å². The van der Waals surface area contributed by atoms with Crippen molar-refractivity contribution >= 4 is 129 Å². The minimum absolute atomic E-state index is 0. The summed E-state index contributed by atoms with van der Waals surface area (Å²) in [7, 11) is -9.10. The second-order valence-corrected chi connectivity index (χ2v) is 5.67. The van der Waals surface area contributed by atoms with Gasteiger partial charge in [0.1, 0.15) is 4.90 Å². The van der Waals surface area contributed by atoms with Crippen LogP contribution < -0.4 is 0 Å². The van der Waals surface area contributed by atoms with Crippen molar-refractivity contribution in [3.05, 3.63) is 30.3 Å². The Bertz CT molecular complexity index is 636. The first-order chi connectivity index (χ1) is 7.16. The molecule has 0 amide bonds. The van der Waals surface area contributed by atoms with Crippen LogP contribution in [-0.4, -0.2) is 129 Å². The first-order valence-electron chi connectivity index (χ1n) is 3.88. The zero-order valence-corrected chi connectivity index (χ0v) is 9.49. The van der Waals surface area contributed by atoms with E-state index in [1.807, 2.05) is 0 Å². The SMILES string of the molecule is C=Cc1ccc(S(=O)(=O)O)cc1S(=O)(=O)O.[KH].[KH]. The molecule has 6 nitrogen and oxygen atoms in total. The van der Waals surface area contributed by atoms with Crippen LogP contribution in [0.1, 0.15) is 5.56 Å². The third-order valence-electron chi connectivity index (χ3n) is 1.78. The number of benzene rings is 1. The van der Waals surface area contributed by atoms with E-state index in [0.717, 1.165) is 18.2 Å². The van der Waals surface area contributed by atoms with Crippen LogP contribution in [0.4, 0.5) is 0 Å². The maximum atomic E-state index is 10.9. The van der Waals surface area contributed by atoms with Crippen molar-refractivity contribution in [1.82, 2.24) is 0 Å². The summed E-state index contributed by atoms with van der Waals surface area (Å²) >= 11 is 0. The first kappa shape index (κ1) is 22.3. The molecule has 0 heterocycles. The summed E-state index contributed by atoms with van der Waals surface area (Å²) in [6.45, 7) is 3.31. The van der Waals surface area contributed by atoms with Gasteiger partial charge in [0.2, 0.25) is 0 Å². The minimum atomic E-state index is -4.58. The van der Waals surface area contributed by atoms with E-state index in [2.05, 4.69) is 6.58 Å². The molecule has 1 aromatic carbocycles. The molecule has 0 radical (unpaired) electrons. The van der Waals surface area contributed by atoms with Gasteiger partial charge in [0.25, 0.3) is 20.2 Å². The predicted molar refractivity (Wildman–Crippen MR) is 70.5 cm³/mol. The summed E-state index contributed by atoms with van der Waals surface area (Å²) in [6, 6.07) is 2.77. The van der Waals surface area contributed by atoms with E-state index in [9.17, 15) is 16.8 Å². The van der Waals surface area contributed by atoms with Crippen molar-refractivity contribution in [3.63, 3.8) is 0 Å². The Morgan fingerprint density at radius 1 is 1.00 bits per heavy atom. The molecule has 1 aromatic rings. The average Bonchev–Trinajstić information content (AvgIpc) is 2.14. The molecule has 0 fully saturated rings. The molecule has 0 saturated carbocycles. The van der Waals surface area contributed by atoms with Crippen LogP contribution in [0.15, 0.2) is 34.6 Å². The Kier molecular flexibility index (Phi) is 10.5. The van der Waals surface area contributed by atoms with Crippen LogP contribution >= 0.6 is 0 Å². The van der Waals surface area contributed by atoms with Crippen molar-refractivity contribution in [2.24, 2.45) is 0 Å². The first-order valence-corrected chi connectivity index (χ1v) is 6.76. The topological polar surface area (TPSA) is 109 Å². The third-order valence-corrected chi connectivity index (χ3v) is 3.54. The van der Waals surface area contributed by atoms with E-state index in [4.69, 9.17) is 9.11 Å². The summed E-state index contributed by atoms with van der Waals surface area (Å²) in [5.41, 5.74) is 0.0369. The van der Waals surface area contributed by atoms with Crippen LogP contribution in [0, 0.1) is 0 Å². The molecule has 92 valence electrons. The summed E-state index contributed by atoms with van der Waals surface area (Å²) < 4.78 is 60.9. The summed E-state index contributed by atoms with van der Waals surface area (Å²) in [5, 5.41) is 0. The van der Waals surface area contributed by atoms with E-state index in [0.29, 0.717) is 6.07 Å². The Hall–Kier alpha value is 2.05. The molecule has 0 aliphatic carbocycles. The quantitative estimate of drug-likeness (QED) is 0.567. The van der Waals surface area contributed by atoms with Crippen molar-refractivity contribution in [2.75, 3.05) is 0 Å². The van der Waals surface area contributed by atoms with Gasteiger partial charge in [-0.15, -0.1) is 0 Å². The van der Waals surface area contributed by atoms with Gasteiger partial charge < -0.3 is 0 Å². The van der Waals surface area contributed by atoms with E-state index >= 15 is 0 Å². The summed E-state index contributed by atoms with van der Waals surface area (Å²) in [5.74, 6) is 0. The zero-order valence-electron chi connectivity index (χ0n) is 7.86. The van der Waals surface area contributed by atoms with Crippen LogP contribution in [0.2, 0.25) is 0 Å². The Morgan fingerprint density at radius 3 is 1.83 bits per heavy atom. The molecule has 0 unspecified atom stereocenters. The maximum absolute atomic E-state index is 10.9. The van der Waals surface area contributed by atoms with Gasteiger partial charge in [-0.25, -0.2) is 0 Å². The molecule has 18 heavy (non-hydrogen) atoms. The van der Waals surface area contributed by atoms with Crippen LogP contribution in [0.3, 0.4) is 0 Å². The van der Waals surface area contributed by atoms with Gasteiger partial charge in [-0.05, 0) is 17.7 Å². The van der Waals surface area contributed by atoms with Gasteiger partial charge in [0.15, 0.2) is 0 Å². The van der Waals surface area contributed by atoms with Crippen molar-refractivity contribution < 1.29 is 25.9 Å². The molecule has 0 aliphatic heterocycles. The van der Waals surface area contributed by atoms with Crippen molar-refractivity contribution in [2.45, 2.75) is 9.79 Å². The van der Waals surface area contributed by atoms with Gasteiger partial charge in [0, 0.05) is 0 Å². The molecule has 10 heteroatoms. The van der Waals surface area contributed by atoms with Gasteiger partial charge in [0.05, 0.1) is 4.90 Å². The Balaban J connectivity index is 0. The van der Waals surface area contributed by atoms with Gasteiger partial charge in [-0.3, -0.25) is 9.11 Å². The molecule has 0 aromatic heterocycles. The third kappa shape index (κ3) is 6.22. The van der Waals surface area contributed by atoms with Crippen LogP contribution in [0.25, 0.3) is 6.08 Å². The van der Waals surface area contributed by atoms with Crippen LogP contribution in [0.5, 0.6) is 0 Å². The second-order valence-electron chi connectivity index (χ2n) is 2.85.